The van der Waals surface area contributed by atoms with Crippen molar-refractivity contribution in [3.8, 4) is 11.3 Å². The third-order valence-electron chi connectivity index (χ3n) is 5.51. The van der Waals surface area contributed by atoms with E-state index in [9.17, 15) is 4.79 Å². The zero-order valence-electron chi connectivity index (χ0n) is 17.5. The molecule has 0 atom stereocenters. The first-order valence-electron chi connectivity index (χ1n) is 10.8. The third kappa shape index (κ3) is 4.68. The fourth-order valence-corrected chi connectivity index (χ4v) is 3.81. The Hall–Kier alpha value is -2.77. The smallest absolute Gasteiger partial charge is 0.252 e. The van der Waals surface area contributed by atoms with E-state index in [1.54, 1.807) is 6.20 Å². The van der Waals surface area contributed by atoms with Crippen molar-refractivity contribution in [2.75, 3.05) is 39.4 Å². The number of hydrogen-bond donors (Lipinski definition) is 1. The summed E-state index contributed by atoms with van der Waals surface area (Å²) in [5.41, 5.74) is 3.15. The number of rotatable bonds is 8. The van der Waals surface area contributed by atoms with Crippen LogP contribution in [0.5, 0.6) is 0 Å². The van der Waals surface area contributed by atoms with Gasteiger partial charge in [0.25, 0.3) is 5.91 Å². The minimum atomic E-state index is -0.0680. The van der Waals surface area contributed by atoms with Crippen molar-refractivity contribution in [3.05, 3.63) is 48.2 Å². The van der Waals surface area contributed by atoms with Gasteiger partial charge in [-0.25, -0.2) is 9.67 Å². The van der Waals surface area contributed by atoms with Gasteiger partial charge < -0.3 is 10.1 Å². The Labute approximate surface area is 177 Å². The molecule has 0 aliphatic carbocycles. The van der Waals surface area contributed by atoms with Crippen molar-refractivity contribution in [1.82, 2.24) is 25.0 Å². The first-order chi connectivity index (χ1) is 14.8. The lowest BCUT2D eigenvalue weighted by Crippen LogP contribution is -2.37. The van der Waals surface area contributed by atoms with Crippen LogP contribution in [0.1, 0.15) is 30.1 Å². The fraction of sp³-hybridized carbons (Fsp3) is 0.435. The number of aryl methyl sites for hydroxylation is 1. The molecule has 1 aliphatic heterocycles. The highest BCUT2D eigenvalue weighted by Crippen LogP contribution is 2.25. The summed E-state index contributed by atoms with van der Waals surface area (Å²) >= 11 is 0. The monoisotopic (exact) mass is 407 g/mol. The number of benzene rings is 1. The SMILES string of the molecule is CCn1ncc2c(C(=O)NCCCCN3CCOCC3)cc(-c3ccccc3)nc21. The van der Waals surface area contributed by atoms with Gasteiger partial charge >= 0.3 is 0 Å². The van der Waals surface area contributed by atoms with E-state index in [0.29, 0.717) is 18.7 Å². The van der Waals surface area contributed by atoms with Crippen LogP contribution in [0.2, 0.25) is 0 Å². The van der Waals surface area contributed by atoms with Gasteiger partial charge in [0.2, 0.25) is 0 Å². The van der Waals surface area contributed by atoms with Gasteiger partial charge in [-0.3, -0.25) is 9.69 Å². The lowest BCUT2D eigenvalue weighted by atomic mass is 10.1. The Kier molecular flexibility index (Phi) is 6.71. The summed E-state index contributed by atoms with van der Waals surface area (Å²) in [4.78, 5) is 20.2. The van der Waals surface area contributed by atoms with Crippen LogP contribution in [0.3, 0.4) is 0 Å². The molecule has 7 heteroatoms. The van der Waals surface area contributed by atoms with E-state index in [2.05, 4.69) is 15.3 Å². The summed E-state index contributed by atoms with van der Waals surface area (Å²) in [5, 5.41) is 8.29. The molecule has 1 N–H and O–H groups in total. The van der Waals surface area contributed by atoms with Gasteiger partial charge in [-0.1, -0.05) is 30.3 Å². The minimum absolute atomic E-state index is 0.0680. The fourth-order valence-electron chi connectivity index (χ4n) is 3.81. The zero-order chi connectivity index (χ0) is 20.8. The van der Waals surface area contributed by atoms with Crippen molar-refractivity contribution < 1.29 is 9.53 Å². The number of morpholine rings is 1. The number of carbonyl (C=O) groups excluding carboxylic acids is 1. The quantitative estimate of drug-likeness (QED) is 0.581. The van der Waals surface area contributed by atoms with E-state index in [-0.39, 0.29) is 5.91 Å². The number of hydrogen-bond acceptors (Lipinski definition) is 5. The van der Waals surface area contributed by atoms with E-state index in [1.807, 2.05) is 48.0 Å². The number of nitrogens with zero attached hydrogens (tertiary/aromatic N) is 4. The molecule has 1 saturated heterocycles. The predicted molar refractivity (Wildman–Crippen MR) is 117 cm³/mol. The molecule has 0 radical (unpaired) electrons. The molecule has 3 heterocycles. The highest BCUT2D eigenvalue weighted by molar-refractivity contribution is 6.06. The molecule has 7 nitrogen and oxygen atoms in total. The highest BCUT2D eigenvalue weighted by atomic mass is 16.5. The van der Waals surface area contributed by atoms with Crippen LogP contribution in [0.15, 0.2) is 42.6 Å². The third-order valence-corrected chi connectivity index (χ3v) is 5.51. The molecule has 158 valence electrons. The number of ether oxygens (including phenoxy) is 1. The van der Waals surface area contributed by atoms with Crippen LogP contribution in [-0.4, -0.2) is 65.0 Å². The Morgan fingerprint density at radius 3 is 2.73 bits per heavy atom. The second-order valence-corrected chi connectivity index (χ2v) is 7.54. The molecule has 0 bridgehead atoms. The molecule has 1 fully saturated rings. The van der Waals surface area contributed by atoms with Crippen LogP contribution in [0, 0.1) is 0 Å². The molecule has 0 spiro atoms. The molecule has 30 heavy (non-hydrogen) atoms. The summed E-state index contributed by atoms with van der Waals surface area (Å²) in [6.45, 7) is 8.11. The maximum atomic E-state index is 13.0. The van der Waals surface area contributed by atoms with Crippen LogP contribution in [0.25, 0.3) is 22.3 Å². The lowest BCUT2D eigenvalue weighted by Gasteiger charge is -2.26. The summed E-state index contributed by atoms with van der Waals surface area (Å²) in [5.74, 6) is -0.0680. The molecule has 0 saturated carbocycles. The Balaban J connectivity index is 1.45. The number of aromatic nitrogens is 3. The number of carbonyl (C=O) groups is 1. The van der Waals surface area contributed by atoms with E-state index >= 15 is 0 Å². The van der Waals surface area contributed by atoms with Gasteiger partial charge in [0, 0.05) is 31.7 Å². The van der Waals surface area contributed by atoms with E-state index in [4.69, 9.17) is 9.72 Å². The number of pyridine rings is 1. The van der Waals surface area contributed by atoms with E-state index in [1.165, 1.54) is 0 Å². The molecule has 3 aromatic rings. The average Bonchev–Trinajstić information content (AvgIpc) is 3.22. The van der Waals surface area contributed by atoms with Gasteiger partial charge in [0.15, 0.2) is 5.65 Å². The first kappa shape index (κ1) is 20.5. The summed E-state index contributed by atoms with van der Waals surface area (Å²) in [7, 11) is 0. The summed E-state index contributed by atoms with van der Waals surface area (Å²) in [6.07, 6.45) is 3.76. The van der Waals surface area contributed by atoms with Crippen molar-refractivity contribution in [2.24, 2.45) is 0 Å². The standard InChI is InChI=1S/C23H29N5O2/c1-2-28-22-20(17-25-28)19(16-21(26-22)18-8-4-3-5-9-18)23(29)24-10-6-7-11-27-12-14-30-15-13-27/h3-5,8-9,16-17H,2,6-7,10-15H2,1H3,(H,24,29). The second kappa shape index (κ2) is 9.82. The summed E-state index contributed by atoms with van der Waals surface area (Å²) in [6, 6.07) is 11.8. The lowest BCUT2D eigenvalue weighted by molar-refractivity contribution is 0.0372. The van der Waals surface area contributed by atoms with Gasteiger partial charge in [0.05, 0.1) is 36.1 Å². The van der Waals surface area contributed by atoms with Crippen molar-refractivity contribution in [3.63, 3.8) is 0 Å². The van der Waals surface area contributed by atoms with Gasteiger partial charge in [-0.2, -0.15) is 5.10 Å². The van der Waals surface area contributed by atoms with Crippen molar-refractivity contribution >= 4 is 16.9 Å². The maximum absolute atomic E-state index is 13.0. The van der Waals surface area contributed by atoms with Gasteiger partial charge in [-0.05, 0) is 32.4 Å². The van der Waals surface area contributed by atoms with E-state index in [0.717, 1.165) is 68.0 Å². The molecular formula is C23H29N5O2. The molecule has 1 aromatic carbocycles. The van der Waals surface area contributed by atoms with Crippen molar-refractivity contribution in [2.45, 2.75) is 26.3 Å². The molecule has 2 aromatic heterocycles. The minimum Gasteiger partial charge on any atom is -0.379 e. The maximum Gasteiger partial charge on any atom is 0.252 e. The second-order valence-electron chi connectivity index (χ2n) is 7.54. The average molecular weight is 408 g/mol. The number of unbranched alkanes of at least 4 members (excludes halogenated alkanes) is 1. The van der Waals surface area contributed by atoms with Crippen molar-refractivity contribution in [1.29, 1.82) is 0 Å². The van der Waals surface area contributed by atoms with Gasteiger partial charge in [-0.15, -0.1) is 0 Å². The largest absolute Gasteiger partial charge is 0.379 e. The predicted octanol–water partition coefficient (Wildman–Crippen LogP) is 2.96. The van der Waals surface area contributed by atoms with E-state index < -0.39 is 0 Å². The Morgan fingerprint density at radius 1 is 1.17 bits per heavy atom. The number of nitrogens with one attached hydrogen (secondary N) is 1. The van der Waals surface area contributed by atoms with Crippen LogP contribution in [-0.2, 0) is 11.3 Å². The number of fused-ring (bicyclic) bond motifs is 1. The molecular weight excluding hydrogens is 378 g/mol. The van der Waals surface area contributed by atoms with Crippen LogP contribution >= 0.6 is 0 Å². The number of amides is 1. The molecule has 4 rings (SSSR count). The van der Waals surface area contributed by atoms with Gasteiger partial charge in [0.1, 0.15) is 0 Å². The Bertz CT molecular complexity index is 980. The Morgan fingerprint density at radius 2 is 1.97 bits per heavy atom. The van der Waals surface area contributed by atoms with Crippen LogP contribution in [0.4, 0.5) is 0 Å². The highest BCUT2D eigenvalue weighted by Gasteiger charge is 2.17. The van der Waals surface area contributed by atoms with Crippen LogP contribution < -0.4 is 5.32 Å². The normalized spacial score (nSPS) is 14.8. The zero-order valence-corrected chi connectivity index (χ0v) is 17.5. The first-order valence-corrected chi connectivity index (χ1v) is 10.8. The molecule has 1 amide bonds. The molecule has 0 unspecified atom stereocenters. The molecule has 1 aliphatic rings. The topological polar surface area (TPSA) is 72.3 Å². The summed E-state index contributed by atoms with van der Waals surface area (Å²) < 4.78 is 7.22.